The van der Waals surface area contributed by atoms with Crippen molar-refractivity contribution in [1.29, 1.82) is 0 Å². The molecule has 6 heavy (non-hydrogen) atoms. The second kappa shape index (κ2) is 38.0. The van der Waals surface area contributed by atoms with Crippen LogP contribution in [0.2, 0.25) is 0 Å². The summed E-state index contributed by atoms with van der Waals surface area (Å²) in [6.07, 6.45) is 0. The molecule has 36 valence electrons. The van der Waals surface area contributed by atoms with Gasteiger partial charge in [0.25, 0.3) is 0 Å². The second-order valence-corrected chi connectivity index (χ2v) is 0. The maximum atomic E-state index is 0. The zero-order valence-electron chi connectivity index (χ0n) is 2.89. The maximum Gasteiger partial charge on any atom is 0 e. The molecule has 0 aromatic carbocycles. The topological polar surface area (TPSA) is 0 Å². The summed E-state index contributed by atoms with van der Waals surface area (Å²) in [4.78, 5) is 0. The van der Waals surface area contributed by atoms with Crippen molar-refractivity contribution in [2.24, 2.45) is 0 Å². The third-order valence-corrected chi connectivity index (χ3v) is 0. The molecule has 0 amide bonds. The van der Waals surface area contributed by atoms with Crippen molar-refractivity contribution in [3.8, 4) is 0 Å². The fourth-order valence-corrected chi connectivity index (χ4v) is 0. The van der Waals surface area contributed by atoms with Gasteiger partial charge in [-0.05, 0) is 0 Å². The van der Waals surface area contributed by atoms with Gasteiger partial charge in [0.15, 0.2) is 0 Å². The molecule has 4 radical (unpaired) electrons. The van der Waals surface area contributed by atoms with Crippen molar-refractivity contribution in [2.75, 3.05) is 0 Å². The minimum Gasteiger partial charge on any atom is 0 e. The molecule has 0 aliphatic heterocycles. The van der Waals surface area contributed by atoms with E-state index >= 15 is 0 Å². The monoisotopic (exact) mass is 426 g/mol. The first-order chi connectivity index (χ1) is 0. The van der Waals surface area contributed by atoms with Crippen LogP contribution in [0.4, 0.5) is 0 Å². The summed E-state index contributed by atoms with van der Waals surface area (Å²) in [7, 11) is 0. The maximum absolute atomic E-state index is 0. The summed E-state index contributed by atoms with van der Waals surface area (Å²) in [5.74, 6) is 0. The molecule has 0 aromatic heterocycles. The van der Waals surface area contributed by atoms with Crippen LogP contribution >= 0.6 is 0 Å². The Morgan fingerprint density at radius 3 is 1.00 bits per heavy atom. The standard InChI is InChI=1S/As.Cd.Cr.Cu.Ni.Zn. The van der Waals surface area contributed by atoms with Gasteiger partial charge in [-0.1, -0.05) is 0 Å². The molecule has 0 saturated carbocycles. The van der Waals surface area contributed by atoms with Crippen LogP contribution in [-0.4, -0.2) is 18.0 Å². The van der Waals surface area contributed by atoms with E-state index in [9.17, 15) is 0 Å². The average molecular weight is 427 g/mol. The van der Waals surface area contributed by atoms with Crippen molar-refractivity contribution >= 4 is 18.0 Å². The minimum atomic E-state index is 0. The quantitative estimate of drug-likeness (QED) is 0.463. The van der Waals surface area contributed by atoms with E-state index in [0.29, 0.717) is 0 Å². The molecule has 0 fully saturated rings. The molecule has 0 unspecified atom stereocenters. The Balaban J connectivity index is 0. The van der Waals surface area contributed by atoms with Gasteiger partial charge in [-0.15, -0.1) is 0 Å². The zero-order chi connectivity index (χ0) is 0. The van der Waals surface area contributed by atoms with Gasteiger partial charge in [0, 0.05) is 116 Å². The van der Waals surface area contributed by atoms with Crippen LogP contribution in [0.15, 0.2) is 0 Å². The summed E-state index contributed by atoms with van der Waals surface area (Å²) < 4.78 is 0. The number of rotatable bonds is 0. The van der Waals surface area contributed by atoms with Crippen LogP contribution in [0, 0.1) is 0 Å². The molecule has 0 heterocycles. The summed E-state index contributed by atoms with van der Waals surface area (Å²) in [5, 5.41) is 0. The van der Waals surface area contributed by atoms with Gasteiger partial charge >= 0.3 is 0 Å². The molecule has 0 aliphatic carbocycles. The van der Waals surface area contributed by atoms with Gasteiger partial charge in [0.2, 0.25) is 0 Å². The molecule has 0 aliphatic rings. The summed E-state index contributed by atoms with van der Waals surface area (Å²) >= 11 is 0. The van der Waals surface area contributed by atoms with E-state index in [1.54, 1.807) is 0 Å². The summed E-state index contributed by atoms with van der Waals surface area (Å²) in [6, 6.07) is 0. The predicted molar refractivity (Wildman–Crippen MR) is 5.75 cm³/mol. The summed E-state index contributed by atoms with van der Waals surface area (Å²) in [5.41, 5.74) is 0. The van der Waals surface area contributed by atoms with E-state index in [1.807, 2.05) is 0 Å². The molecular weight excluding hydrogens is 427 g/mol. The molecule has 0 rings (SSSR count). The van der Waals surface area contributed by atoms with Gasteiger partial charge in [-0.2, -0.15) is 0 Å². The van der Waals surface area contributed by atoms with E-state index in [2.05, 4.69) is 0 Å². The van der Waals surface area contributed by atoms with Gasteiger partial charge < -0.3 is 0 Å². The van der Waals surface area contributed by atoms with Crippen LogP contribution in [-0.2, 0) is 97.7 Å². The third kappa shape index (κ3) is 25.4. The zero-order valence-corrected chi connectivity index (χ0v) is 15.0. The first-order valence-electron chi connectivity index (χ1n) is 0. The van der Waals surface area contributed by atoms with E-state index in [1.165, 1.54) is 0 Å². The smallest absolute Gasteiger partial charge is 0 e. The van der Waals surface area contributed by atoms with Gasteiger partial charge in [0.1, 0.15) is 0 Å². The Hall–Kier alpha value is 3.65. The van der Waals surface area contributed by atoms with Crippen LogP contribution in [0.1, 0.15) is 0 Å². The largest absolute Gasteiger partial charge is 0 e. The Morgan fingerprint density at radius 2 is 1.00 bits per heavy atom. The minimum absolute atomic E-state index is 0. The normalized spacial score (nSPS) is 0. The van der Waals surface area contributed by atoms with Crippen molar-refractivity contribution < 1.29 is 97.7 Å². The number of hydrogen-bond donors (Lipinski definition) is 0. The molecule has 0 nitrogen and oxygen atoms in total. The van der Waals surface area contributed by atoms with Crippen molar-refractivity contribution in [3.63, 3.8) is 0 Å². The average Bonchev–Trinajstić information content (AvgIpc) is 0. The van der Waals surface area contributed by atoms with Crippen molar-refractivity contribution in [1.82, 2.24) is 0 Å². The van der Waals surface area contributed by atoms with Gasteiger partial charge in [0.05, 0.1) is 0 Å². The molecule has 0 N–H and O–H groups in total. The first-order valence-corrected chi connectivity index (χ1v) is 0. The third-order valence-electron chi connectivity index (χ3n) is 0. The van der Waals surface area contributed by atoms with Crippen molar-refractivity contribution in [2.45, 2.75) is 0 Å². The van der Waals surface area contributed by atoms with Crippen LogP contribution in [0.5, 0.6) is 0 Å². The second-order valence-electron chi connectivity index (χ2n) is 0. The Kier molecular flexibility index (Phi) is 343. The van der Waals surface area contributed by atoms with Gasteiger partial charge in [-0.25, -0.2) is 0 Å². The molecular formula is AsCdCrCuNiZn. The predicted octanol–water partition coefficient (Wildman–Crippen LogP) is -0.393. The van der Waals surface area contributed by atoms with Crippen LogP contribution < -0.4 is 0 Å². The first kappa shape index (κ1) is 54.2. The molecule has 0 atom stereocenters. The molecule has 6 heteroatoms. The molecule has 0 saturated heterocycles. The van der Waals surface area contributed by atoms with Crippen molar-refractivity contribution in [3.05, 3.63) is 0 Å². The van der Waals surface area contributed by atoms with E-state index < -0.39 is 0 Å². The Morgan fingerprint density at radius 1 is 1.00 bits per heavy atom. The molecule has 0 bridgehead atoms. The molecule has 0 aromatic rings. The van der Waals surface area contributed by atoms with E-state index in [0.717, 1.165) is 0 Å². The SMILES string of the molecule is [As].[Cd].[Cr].[Cu].[Ni].[Zn]. The van der Waals surface area contributed by atoms with Crippen LogP contribution in [0.25, 0.3) is 0 Å². The van der Waals surface area contributed by atoms with Gasteiger partial charge in [-0.3, -0.25) is 0 Å². The Labute approximate surface area is 113 Å². The van der Waals surface area contributed by atoms with Crippen LogP contribution in [0.3, 0.4) is 0 Å². The van der Waals surface area contributed by atoms with E-state index in [-0.39, 0.29) is 116 Å². The number of hydrogen-bond acceptors (Lipinski definition) is 0. The molecule has 0 spiro atoms. The fraction of sp³-hybridized carbons (Fsp3) is 0. The Bertz CT molecular complexity index is 15.5. The fourth-order valence-electron chi connectivity index (χ4n) is 0. The van der Waals surface area contributed by atoms with E-state index in [4.69, 9.17) is 0 Å². The summed E-state index contributed by atoms with van der Waals surface area (Å²) in [6.45, 7) is 0.